The molecule has 0 saturated heterocycles. The van der Waals surface area contributed by atoms with Gasteiger partial charge >= 0.3 is 0 Å². The molecule has 0 bridgehead atoms. The molecule has 0 fully saturated rings. The number of carbonyl (C=O) groups excluding carboxylic acids is 1. The second-order valence-electron chi connectivity index (χ2n) is 6.66. The monoisotopic (exact) mass is 617 g/mol. The van der Waals surface area contributed by atoms with E-state index >= 15 is 0 Å². The molecule has 138 valence electrons. The Labute approximate surface area is 190 Å². The van der Waals surface area contributed by atoms with Crippen LogP contribution in [-0.4, -0.2) is 24.7 Å². The molecule has 2 heterocycles. The van der Waals surface area contributed by atoms with Crippen molar-refractivity contribution < 1.29 is 9.90 Å². The van der Waals surface area contributed by atoms with E-state index in [-0.39, 0.29) is 11.5 Å². The molecule has 27 heavy (non-hydrogen) atoms. The number of phenols is 1. The average molecular weight is 617 g/mol. The molecule has 0 atom stereocenters. The van der Waals surface area contributed by atoms with Crippen molar-refractivity contribution in [1.29, 1.82) is 0 Å². The molecule has 0 unspecified atom stereocenters. The molecule has 1 aromatic heterocycles. The molecule has 0 saturated carbocycles. The van der Waals surface area contributed by atoms with Gasteiger partial charge in [-0.3, -0.25) is 4.79 Å². The standard InChI is InChI=1S/C20H17I2NO2SSi/c1-3-27(4-2)16-9-11(24)5-6-13(16)23-14-7-8-15(25)18(20(14)27)19-12(21)10-17(22)26-19/h5-10,24H,3-4H2,1-2H3. The van der Waals surface area contributed by atoms with Gasteiger partial charge in [-0.1, -0.05) is 25.9 Å². The minimum Gasteiger partial charge on any atom is -0.508 e. The lowest BCUT2D eigenvalue weighted by molar-refractivity contribution is -0.109. The summed E-state index contributed by atoms with van der Waals surface area (Å²) < 4.78 is 2.29. The van der Waals surface area contributed by atoms with E-state index in [1.165, 1.54) is 2.88 Å². The molecule has 4 rings (SSSR count). The predicted molar refractivity (Wildman–Crippen MR) is 132 cm³/mol. The Hall–Kier alpha value is -0.783. The van der Waals surface area contributed by atoms with Gasteiger partial charge in [0.15, 0.2) is 5.78 Å². The second kappa shape index (κ2) is 7.23. The summed E-state index contributed by atoms with van der Waals surface area (Å²) in [5, 5.41) is 12.5. The lowest BCUT2D eigenvalue weighted by Crippen LogP contribution is -2.54. The molecule has 2 aromatic rings. The number of hydrogen-bond donors (Lipinski definition) is 1. The fraction of sp³-hybridized carbons (Fsp3) is 0.200. The number of hydrogen-bond acceptors (Lipinski definition) is 4. The maximum atomic E-state index is 13.1. The van der Waals surface area contributed by atoms with Crippen molar-refractivity contribution in [3.63, 3.8) is 0 Å². The number of thiophene rings is 1. The van der Waals surface area contributed by atoms with Gasteiger partial charge in [0.1, 0.15) is 13.8 Å². The maximum absolute atomic E-state index is 13.1. The summed E-state index contributed by atoms with van der Waals surface area (Å²) in [6.07, 6.45) is 3.55. The second-order valence-corrected chi connectivity index (χ2v) is 15.4. The van der Waals surface area contributed by atoms with Crippen LogP contribution in [0.1, 0.15) is 18.7 Å². The topological polar surface area (TPSA) is 49.7 Å². The zero-order chi connectivity index (χ0) is 19.3. The summed E-state index contributed by atoms with van der Waals surface area (Å²) >= 11 is 6.32. The first kappa shape index (κ1) is 19.5. The Morgan fingerprint density at radius 2 is 1.89 bits per heavy atom. The molecule has 1 N–H and O–H groups in total. The summed E-state index contributed by atoms with van der Waals surface area (Å²) in [4.78, 5) is 19.0. The van der Waals surface area contributed by atoms with E-state index in [0.29, 0.717) is 0 Å². The van der Waals surface area contributed by atoms with E-state index < -0.39 is 8.07 Å². The van der Waals surface area contributed by atoms with Gasteiger partial charge < -0.3 is 5.11 Å². The van der Waals surface area contributed by atoms with Crippen LogP contribution in [0.2, 0.25) is 12.1 Å². The fourth-order valence-electron chi connectivity index (χ4n) is 4.14. The highest BCUT2D eigenvalue weighted by atomic mass is 127. The zero-order valence-electron chi connectivity index (χ0n) is 14.8. The van der Waals surface area contributed by atoms with Crippen LogP contribution in [0, 0.1) is 6.45 Å². The maximum Gasteiger partial charge on any atom is 0.187 e. The van der Waals surface area contributed by atoms with Crippen molar-refractivity contribution in [1.82, 2.24) is 0 Å². The molecule has 0 radical (unpaired) electrons. The molecule has 1 aliphatic heterocycles. The molecular formula is C20H17I2NO2SSi. The highest BCUT2D eigenvalue weighted by molar-refractivity contribution is 14.1. The molecule has 1 aliphatic carbocycles. The van der Waals surface area contributed by atoms with E-state index in [1.54, 1.807) is 23.5 Å². The number of fused-ring (bicyclic) bond motifs is 2. The molecule has 2 aliphatic rings. The van der Waals surface area contributed by atoms with Gasteiger partial charge in [0, 0.05) is 9.14 Å². The van der Waals surface area contributed by atoms with Gasteiger partial charge in [0.2, 0.25) is 0 Å². The van der Waals surface area contributed by atoms with Gasteiger partial charge in [-0.05, 0) is 92.0 Å². The van der Waals surface area contributed by atoms with Gasteiger partial charge in [-0.25, -0.2) is 4.99 Å². The number of phenolic OH excluding ortho intramolecular Hbond substituents is 1. The van der Waals surface area contributed by atoms with E-state index in [4.69, 9.17) is 4.99 Å². The van der Waals surface area contributed by atoms with E-state index in [0.717, 1.165) is 47.9 Å². The van der Waals surface area contributed by atoms with Gasteiger partial charge in [-0.15, -0.1) is 11.3 Å². The number of rotatable bonds is 3. The number of ketones is 1. The Bertz CT molecular complexity index is 1060. The fourth-order valence-corrected chi connectivity index (χ4v) is 12.4. The summed E-state index contributed by atoms with van der Waals surface area (Å²) in [6, 6.07) is 9.55. The predicted octanol–water partition coefficient (Wildman–Crippen LogP) is 5.58. The third-order valence-electron chi connectivity index (χ3n) is 5.45. The van der Waals surface area contributed by atoms with Crippen LogP contribution in [0.15, 0.2) is 46.6 Å². The number of aliphatic imine (C=N–C) groups is 1. The van der Waals surface area contributed by atoms with Crippen LogP contribution in [-0.2, 0) is 4.79 Å². The quantitative estimate of drug-likeness (QED) is 0.278. The van der Waals surface area contributed by atoms with Crippen molar-refractivity contribution in [2.24, 2.45) is 4.99 Å². The Balaban J connectivity index is 2.13. The molecule has 3 nitrogen and oxygen atoms in total. The van der Waals surface area contributed by atoms with Gasteiger partial charge in [0.05, 0.1) is 19.2 Å². The lowest BCUT2D eigenvalue weighted by Gasteiger charge is -2.39. The molecular weight excluding hydrogens is 600 g/mol. The largest absolute Gasteiger partial charge is 0.508 e. The summed E-state index contributed by atoms with van der Waals surface area (Å²) in [6.45, 7) is 4.42. The summed E-state index contributed by atoms with van der Waals surface area (Å²) in [5.74, 6) is 0.341. The first-order valence-electron chi connectivity index (χ1n) is 8.76. The minimum absolute atomic E-state index is 0.0718. The third kappa shape index (κ3) is 3.01. The Morgan fingerprint density at radius 3 is 2.52 bits per heavy atom. The van der Waals surface area contributed by atoms with Crippen molar-refractivity contribution in [2.75, 3.05) is 0 Å². The van der Waals surface area contributed by atoms with Crippen LogP contribution < -0.4 is 5.19 Å². The van der Waals surface area contributed by atoms with Crippen LogP contribution >= 0.6 is 56.5 Å². The Kier molecular flexibility index (Phi) is 5.23. The number of benzene rings is 1. The Morgan fingerprint density at radius 1 is 1.15 bits per heavy atom. The normalized spacial score (nSPS) is 17.6. The summed E-state index contributed by atoms with van der Waals surface area (Å²) in [5.41, 5.74) is 2.70. The first-order valence-corrected chi connectivity index (χ1v) is 14.1. The highest BCUT2D eigenvalue weighted by Gasteiger charge is 2.46. The van der Waals surface area contributed by atoms with Gasteiger partial charge in [-0.2, -0.15) is 0 Å². The SMILES string of the molecule is CC[Si]1(CC)C2=C(c3sc(I)cc3I)C(=O)C=CC2=Nc2ccc(O)cc21. The number of allylic oxidation sites excluding steroid dienone is 4. The number of aromatic hydroxyl groups is 1. The van der Waals surface area contributed by atoms with Crippen molar-refractivity contribution in [3.8, 4) is 5.75 Å². The minimum atomic E-state index is -2.23. The van der Waals surface area contributed by atoms with E-state index in [9.17, 15) is 9.90 Å². The van der Waals surface area contributed by atoms with Crippen molar-refractivity contribution in [3.05, 3.63) is 52.9 Å². The van der Waals surface area contributed by atoms with Crippen molar-refractivity contribution >= 4 is 92.5 Å². The molecule has 0 spiro atoms. The molecule has 7 heteroatoms. The number of nitrogens with zero attached hydrogens (tertiary/aromatic N) is 1. The number of carbonyl (C=O) groups is 1. The van der Waals surface area contributed by atoms with Crippen molar-refractivity contribution in [2.45, 2.75) is 25.9 Å². The zero-order valence-corrected chi connectivity index (χ0v) is 21.0. The molecule has 0 amide bonds. The lowest BCUT2D eigenvalue weighted by atomic mass is 10.0. The average Bonchev–Trinajstić information content (AvgIpc) is 2.98. The molecule has 1 aromatic carbocycles. The summed E-state index contributed by atoms with van der Waals surface area (Å²) in [7, 11) is -2.23. The van der Waals surface area contributed by atoms with E-state index in [1.807, 2.05) is 18.2 Å². The highest BCUT2D eigenvalue weighted by Crippen LogP contribution is 2.43. The number of halogens is 2. The van der Waals surface area contributed by atoms with Crippen LogP contribution in [0.25, 0.3) is 5.57 Å². The third-order valence-corrected chi connectivity index (χ3v) is 13.9. The van der Waals surface area contributed by atoms with Crippen LogP contribution in [0.4, 0.5) is 5.69 Å². The van der Waals surface area contributed by atoms with Crippen LogP contribution in [0.3, 0.4) is 0 Å². The smallest absolute Gasteiger partial charge is 0.187 e. The van der Waals surface area contributed by atoms with Crippen LogP contribution in [0.5, 0.6) is 5.75 Å². The van der Waals surface area contributed by atoms with Gasteiger partial charge in [0.25, 0.3) is 0 Å². The first-order chi connectivity index (χ1) is 12.9. The van der Waals surface area contributed by atoms with E-state index in [2.05, 4.69) is 65.1 Å².